The average Bonchev–Trinajstić information content (AvgIpc) is 3.24. The van der Waals surface area contributed by atoms with E-state index in [1.807, 2.05) is 11.6 Å². The van der Waals surface area contributed by atoms with Gasteiger partial charge in [-0.2, -0.15) is 5.10 Å². The second kappa shape index (κ2) is 7.31. The molecule has 1 aromatic heterocycles. The van der Waals surface area contributed by atoms with Crippen LogP contribution in [0.5, 0.6) is 0 Å². The summed E-state index contributed by atoms with van der Waals surface area (Å²) in [5, 5.41) is 17.4. The van der Waals surface area contributed by atoms with E-state index < -0.39 is 18.0 Å². The van der Waals surface area contributed by atoms with Crippen LogP contribution in [0.2, 0.25) is 5.02 Å². The molecule has 0 aliphatic carbocycles. The maximum Gasteiger partial charge on any atom is 0.227 e. The second-order valence-electron chi connectivity index (χ2n) is 7.10. The predicted octanol–water partition coefficient (Wildman–Crippen LogP) is 2.53. The van der Waals surface area contributed by atoms with Gasteiger partial charge in [-0.3, -0.25) is 14.4 Å². The third kappa shape index (κ3) is 3.34. The van der Waals surface area contributed by atoms with Gasteiger partial charge in [-0.25, -0.2) is 8.78 Å². The van der Waals surface area contributed by atoms with Crippen LogP contribution in [0.25, 0.3) is 0 Å². The van der Waals surface area contributed by atoms with Crippen molar-refractivity contribution >= 4 is 28.9 Å². The van der Waals surface area contributed by atoms with Crippen LogP contribution in [-0.2, 0) is 17.9 Å². The van der Waals surface area contributed by atoms with Crippen LogP contribution in [0, 0.1) is 11.6 Å². The molecule has 150 valence electrons. The Kier molecular flexibility index (Phi) is 4.98. The highest BCUT2D eigenvalue weighted by molar-refractivity contribution is 6.31. The van der Waals surface area contributed by atoms with Crippen molar-refractivity contribution < 1.29 is 18.7 Å². The van der Waals surface area contributed by atoms with E-state index in [1.54, 1.807) is 16.0 Å². The highest BCUT2D eigenvalue weighted by Crippen LogP contribution is 2.31. The molecular weight excluding hydrogens is 392 g/mol. The molecule has 2 atom stereocenters. The highest BCUT2D eigenvalue weighted by atomic mass is 35.5. The fourth-order valence-electron chi connectivity index (χ4n) is 3.73. The Morgan fingerprint density at radius 3 is 2.86 bits per heavy atom. The number of hydrogen-bond acceptors (Lipinski definition) is 5. The van der Waals surface area contributed by atoms with Gasteiger partial charge in [0, 0.05) is 37.3 Å². The average molecular weight is 412 g/mol. The summed E-state index contributed by atoms with van der Waals surface area (Å²) in [6, 6.07) is 2.08. The minimum Gasteiger partial charge on any atom is -0.361 e. The van der Waals surface area contributed by atoms with E-state index in [0.717, 1.165) is 23.9 Å². The number of amides is 1. The number of rotatable bonds is 4. The van der Waals surface area contributed by atoms with Crippen molar-refractivity contribution in [2.24, 2.45) is 0 Å². The Bertz CT molecular complexity index is 898. The minimum absolute atomic E-state index is 0.0658. The van der Waals surface area contributed by atoms with Crippen molar-refractivity contribution in [2.75, 3.05) is 16.8 Å². The van der Waals surface area contributed by atoms with Crippen LogP contribution in [0.15, 0.2) is 18.3 Å². The summed E-state index contributed by atoms with van der Waals surface area (Å²) < 4.78 is 28.8. The van der Waals surface area contributed by atoms with Gasteiger partial charge in [0.15, 0.2) is 18.0 Å². The number of fused-ring (bicyclic) bond motifs is 1. The molecule has 1 fully saturated rings. The van der Waals surface area contributed by atoms with Crippen molar-refractivity contribution in [1.29, 1.82) is 0 Å². The lowest BCUT2D eigenvalue weighted by Crippen LogP contribution is -2.50. The molecule has 1 aromatic carbocycles. The molecule has 2 aliphatic rings. The quantitative estimate of drug-likeness (QED) is 0.597. The number of nitrogens with one attached hydrogen (secondary N) is 1. The number of hydrogen-bond donors (Lipinski definition) is 2. The van der Waals surface area contributed by atoms with Gasteiger partial charge in [0.25, 0.3) is 0 Å². The summed E-state index contributed by atoms with van der Waals surface area (Å²) >= 11 is 5.68. The topological polar surface area (TPSA) is 73.6 Å². The van der Waals surface area contributed by atoms with Crippen molar-refractivity contribution in [2.45, 2.75) is 45.2 Å². The third-order valence-electron chi connectivity index (χ3n) is 5.22. The zero-order valence-electron chi connectivity index (χ0n) is 15.2. The van der Waals surface area contributed by atoms with Gasteiger partial charge >= 0.3 is 0 Å². The Labute approximate surface area is 165 Å². The fourth-order valence-corrected chi connectivity index (χ4v) is 3.94. The maximum absolute atomic E-state index is 13.6. The first-order valence-corrected chi connectivity index (χ1v) is 9.43. The van der Waals surface area contributed by atoms with Crippen molar-refractivity contribution in [3.8, 4) is 0 Å². The zero-order chi connectivity index (χ0) is 20.0. The first kappa shape index (κ1) is 19.1. The molecule has 4 rings (SSSR count). The number of aromatic nitrogens is 2. The first-order valence-electron chi connectivity index (χ1n) is 9.05. The SMILES string of the molecule is C[C@H]1Cn2ncc(N3CCCC3=O)c2CN1C(O)Nc1cc(F)c(F)c(Cl)c1. The van der Waals surface area contributed by atoms with Crippen molar-refractivity contribution in [3.63, 3.8) is 0 Å². The van der Waals surface area contributed by atoms with Crippen molar-refractivity contribution in [1.82, 2.24) is 14.7 Å². The predicted molar refractivity (Wildman–Crippen MR) is 99.8 cm³/mol. The normalized spacial score (nSPS) is 21.1. The summed E-state index contributed by atoms with van der Waals surface area (Å²) in [5.41, 5.74) is 1.75. The summed E-state index contributed by atoms with van der Waals surface area (Å²) in [7, 11) is 0. The van der Waals surface area contributed by atoms with Crippen LogP contribution in [0.3, 0.4) is 0 Å². The molecule has 1 amide bonds. The second-order valence-corrected chi connectivity index (χ2v) is 7.51. The van der Waals surface area contributed by atoms with Gasteiger partial charge in [0.1, 0.15) is 0 Å². The zero-order valence-corrected chi connectivity index (χ0v) is 16.0. The van der Waals surface area contributed by atoms with Crippen LogP contribution in [0.1, 0.15) is 25.5 Å². The van der Waals surface area contributed by atoms with Crippen LogP contribution >= 0.6 is 11.6 Å². The molecule has 3 heterocycles. The molecule has 2 aromatic rings. The molecule has 0 saturated carbocycles. The Hall–Kier alpha value is -2.23. The van der Waals surface area contributed by atoms with Crippen LogP contribution < -0.4 is 10.2 Å². The van der Waals surface area contributed by atoms with E-state index >= 15 is 0 Å². The lowest BCUT2D eigenvalue weighted by molar-refractivity contribution is -0.117. The number of aliphatic hydroxyl groups excluding tert-OH is 1. The monoisotopic (exact) mass is 411 g/mol. The van der Waals surface area contributed by atoms with E-state index in [2.05, 4.69) is 10.4 Å². The van der Waals surface area contributed by atoms with Gasteiger partial charge in [-0.15, -0.1) is 0 Å². The lowest BCUT2D eigenvalue weighted by Gasteiger charge is -2.38. The van der Waals surface area contributed by atoms with E-state index in [4.69, 9.17) is 11.6 Å². The van der Waals surface area contributed by atoms with E-state index in [1.165, 1.54) is 6.07 Å². The Morgan fingerprint density at radius 2 is 2.18 bits per heavy atom. The fraction of sp³-hybridized carbons (Fsp3) is 0.444. The number of carbonyl (C=O) groups excluding carboxylic acids is 1. The third-order valence-corrected chi connectivity index (χ3v) is 5.50. The molecular formula is C18H20ClF2N5O2. The molecule has 2 aliphatic heterocycles. The molecule has 1 unspecified atom stereocenters. The number of halogens is 3. The molecule has 0 bridgehead atoms. The smallest absolute Gasteiger partial charge is 0.227 e. The van der Waals surface area contributed by atoms with E-state index in [-0.39, 0.29) is 22.7 Å². The van der Waals surface area contributed by atoms with Gasteiger partial charge in [0.05, 0.1) is 29.1 Å². The minimum atomic E-state index is -1.17. The molecule has 2 N–H and O–H groups in total. The van der Waals surface area contributed by atoms with Gasteiger partial charge in [0.2, 0.25) is 5.91 Å². The van der Waals surface area contributed by atoms with Gasteiger partial charge in [-0.1, -0.05) is 11.6 Å². The largest absolute Gasteiger partial charge is 0.361 e. The standard InChI is InChI=1S/C18H20ClF2N5O2/c1-10-8-26-15(14(7-22-26)24-4-2-3-16(24)27)9-25(10)18(28)23-11-5-12(19)17(21)13(20)6-11/h5-7,10,18,23,28H,2-4,8-9H2,1H3/t10-,18?/m0/s1. The first-order chi connectivity index (χ1) is 13.3. The summed E-state index contributed by atoms with van der Waals surface area (Å²) in [6.45, 7) is 3.44. The summed E-state index contributed by atoms with van der Waals surface area (Å²) in [6.07, 6.45) is 1.85. The van der Waals surface area contributed by atoms with E-state index in [0.29, 0.717) is 26.1 Å². The number of benzene rings is 1. The van der Waals surface area contributed by atoms with Gasteiger partial charge < -0.3 is 15.3 Å². The van der Waals surface area contributed by atoms with Crippen LogP contribution in [0.4, 0.5) is 20.2 Å². The Morgan fingerprint density at radius 1 is 1.39 bits per heavy atom. The van der Waals surface area contributed by atoms with E-state index in [9.17, 15) is 18.7 Å². The molecule has 28 heavy (non-hydrogen) atoms. The number of anilines is 2. The lowest BCUT2D eigenvalue weighted by atomic mass is 10.2. The summed E-state index contributed by atoms with van der Waals surface area (Å²) in [5.74, 6) is -2.16. The number of carbonyl (C=O) groups is 1. The maximum atomic E-state index is 13.6. The molecule has 1 saturated heterocycles. The molecule has 7 nitrogen and oxygen atoms in total. The number of aliphatic hydroxyl groups is 1. The Balaban J connectivity index is 1.55. The number of nitrogens with zero attached hydrogens (tertiary/aromatic N) is 4. The van der Waals surface area contributed by atoms with Gasteiger partial charge in [-0.05, 0) is 19.4 Å². The summed E-state index contributed by atoms with van der Waals surface area (Å²) in [4.78, 5) is 15.6. The highest BCUT2D eigenvalue weighted by Gasteiger charge is 2.33. The molecule has 0 radical (unpaired) electrons. The molecule has 0 spiro atoms. The van der Waals surface area contributed by atoms with Crippen molar-refractivity contribution in [3.05, 3.63) is 40.7 Å². The van der Waals surface area contributed by atoms with Crippen LogP contribution in [-0.4, -0.2) is 44.6 Å². The molecule has 10 heteroatoms.